The van der Waals surface area contributed by atoms with Crippen LogP contribution in [-0.2, 0) is 4.74 Å². The monoisotopic (exact) mass is 277 g/mol. The summed E-state index contributed by atoms with van der Waals surface area (Å²) in [5.74, 6) is 0.981. The van der Waals surface area contributed by atoms with E-state index in [0.717, 1.165) is 18.8 Å². The van der Waals surface area contributed by atoms with E-state index in [1.165, 1.54) is 31.2 Å². The molecule has 1 heterocycles. The van der Waals surface area contributed by atoms with Gasteiger partial charge in [-0.15, -0.1) is 0 Å². The Hall–Kier alpha value is -1.06. The molecule has 1 aliphatic heterocycles. The molecule has 0 bridgehead atoms. The van der Waals surface area contributed by atoms with Crippen molar-refractivity contribution in [2.75, 3.05) is 20.3 Å². The minimum Gasteiger partial charge on any atom is -0.490 e. The molecule has 1 N–H and O–H groups in total. The second kappa shape index (κ2) is 8.28. The molecule has 0 fully saturated rings. The van der Waals surface area contributed by atoms with Crippen LogP contribution in [0.1, 0.15) is 50.6 Å². The Kier molecular flexibility index (Phi) is 6.34. The zero-order chi connectivity index (χ0) is 14.2. The Bertz CT molecular complexity index is 394. The number of fused-ring (bicyclic) bond motifs is 1. The largest absolute Gasteiger partial charge is 0.490 e. The Balaban J connectivity index is 1.81. The van der Waals surface area contributed by atoms with Crippen LogP contribution in [0.4, 0.5) is 0 Å². The zero-order valence-corrected chi connectivity index (χ0v) is 12.7. The third-order valence-electron chi connectivity index (χ3n) is 3.92. The highest BCUT2D eigenvalue weighted by molar-refractivity contribution is 5.38. The number of unbranched alkanes of at least 4 members (excludes halogenated alkanes) is 4. The van der Waals surface area contributed by atoms with Crippen LogP contribution < -0.4 is 10.1 Å². The van der Waals surface area contributed by atoms with Crippen LogP contribution in [0.2, 0.25) is 0 Å². The van der Waals surface area contributed by atoms with E-state index in [2.05, 4.69) is 24.4 Å². The number of rotatable bonds is 8. The highest BCUT2D eigenvalue weighted by Crippen LogP contribution is 2.32. The minimum atomic E-state index is 0.112. The molecular weight excluding hydrogens is 250 g/mol. The van der Waals surface area contributed by atoms with Crippen LogP contribution in [0, 0.1) is 0 Å². The van der Waals surface area contributed by atoms with Gasteiger partial charge >= 0.3 is 0 Å². The first-order valence-electron chi connectivity index (χ1n) is 7.87. The number of benzene rings is 1. The molecule has 0 aliphatic carbocycles. The van der Waals surface area contributed by atoms with Crippen molar-refractivity contribution in [2.45, 2.75) is 51.2 Å². The Morgan fingerprint density at radius 1 is 1.20 bits per heavy atom. The highest BCUT2D eigenvalue weighted by Gasteiger charge is 2.30. The van der Waals surface area contributed by atoms with Crippen LogP contribution in [0.5, 0.6) is 5.75 Å². The Morgan fingerprint density at radius 2 is 2.00 bits per heavy atom. The number of nitrogens with one attached hydrogen (secondary N) is 1. The Labute approximate surface area is 122 Å². The van der Waals surface area contributed by atoms with Crippen molar-refractivity contribution in [3.63, 3.8) is 0 Å². The zero-order valence-electron chi connectivity index (χ0n) is 12.7. The summed E-state index contributed by atoms with van der Waals surface area (Å²) in [6.07, 6.45) is 6.46. The first kappa shape index (κ1) is 15.3. The lowest BCUT2D eigenvalue weighted by atomic mass is 9.98. The molecule has 0 aromatic heterocycles. The predicted molar refractivity (Wildman–Crippen MR) is 82.2 cm³/mol. The van der Waals surface area contributed by atoms with Crippen LogP contribution >= 0.6 is 0 Å². The molecule has 0 spiro atoms. The molecule has 1 aromatic carbocycles. The van der Waals surface area contributed by atoms with E-state index >= 15 is 0 Å². The summed E-state index contributed by atoms with van der Waals surface area (Å²) >= 11 is 0. The van der Waals surface area contributed by atoms with Crippen molar-refractivity contribution in [1.29, 1.82) is 0 Å². The number of ether oxygens (including phenoxy) is 2. The van der Waals surface area contributed by atoms with E-state index in [0.29, 0.717) is 6.61 Å². The molecule has 3 heteroatoms. The number of hydrogen-bond acceptors (Lipinski definition) is 3. The smallest absolute Gasteiger partial charge is 0.124 e. The average molecular weight is 277 g/mol. The van der Waals surface area contributed by atoms with E-state index in [1.807, 2.05) is 19.2 Å². The summed E-state index contributed by atoms with van der Waals surface area (Å²) in [7, 11) is 1.99. The lowest BCUT2D eigenvalue weighted by molar-refractivity contribution is -0.0153. The van der Waals surface area contributed by atoms with Crippen molar-refractivity contribution in [1.82, 2.24) is 5.32 Å². The van der Waals surface area contributed by atoms with E-state index < -0.39 is 0 Å². The maximum Gasteiger partial charge on any atom is 0.124 e. The topological polar surface area (TPSA) is 30.5 Å². The first-order valence-corrected chi connectivity index (χ1v) is 7.87. The highest BCUT2D eigenvalue weighted by atomic mass is 16.5. The summed E-state index contributed by atoms with van der Waals surface area (Å²) in [6, 6.07) is 8.45. The van der Waals surface area contributed by atoms with Gasteiger partial charge in [0, 0.05) is 12.2 Å². The van der Waals surface area contributed by atoms with E-state index in [-0.39, 0.29) is 12.1 Å². The standard InChI is InChI=1S/C17H27NO2/c1-3-4-5-6-9-12-19-16-13-20-15-11-8-7-10-14(15)17(16)18-2/h7-8,10-11,16-18H,3-6,9,12-13H2,1-2H3. The summed E-state index contributed by atoms with van der Waals surface area (Å²) in [5.41, 5.74) is 1.21. The van der Waals surface area contributed by atoms with E-state index in [9.17, 15) is 0 Å². The summed E-state index contributed by atoms with van der Waals surface area (Å²) in [4.78, 5) is 0. The number of hydrogen-bond donors (Lipinski definition) is 1. The van der Waals surface area contributed by atoms with Crippen LogP contribution in [0.3, 0.4) is 0 Å². The molecular formula is C17H27NO2. The molecule has 0 radical (unpaired) electrons. The average Bonchev–Trinajstić information content (AvgIpc) is 2.50. The van der Waals surface area contributed by atoms with Crippen molar-refractivity contribution in [3.05, 3.63) is 29.8 Å². The van der Waals surface area contributed by atoms with Gasteiger partial charge in [0.2, 0.25) is 0 Å². The normalized spacial score (nSPS) is 21.3. The van der Waals surface area contributed by atoms with Crippen molar-refractivity contribution in [3.8, 4) is 5.75 Å². The summed E-state index contributed by atoms with van der Waals surface area (Å²) in [5, 5.41) is 3.37. The molecule has 3 nitrogen and oxygen atoms in total. The van der Waals surface area contributed by atoms with Gasteiger partial charge in [-0.05, 0) is 19.5 Å². The maximum atomic E-state index is 6.04. The third kappa shape index (κ3) is 3.97. The molecule has 112 valence electrons. The molecule has 0 amide bonds. The molecule has 2 rings (SSSR count). The molecule has 1 aromatic rings. The summed E-state index contributed by atoms with van der Waals surface area (Å²) < 4.78 is 11.8. The lowest BCUT2D eigenvalue weighted by Gasteiger charge is -2.33. The molecule has 1 aliphatic rings. The van der Waals surface area contributed by atoms with Crippen molar-refractivity contribution in [2.24, 2.45) is 0 Å². The Morgan fingerprint density at radius 3 is 2.80 bits per heavy atom. The second-order valence-electron chi connectivity index (χ2n) is 5.44. The molecule has 20 heavy (non-hydrogen) atoms. The SMILES string of the molecule is CCCCCCCOC1COc2ccccc2C1NC. The van der Waals surface area contributed by atoms with Crippen LogP contribution in [-0.4, -0.2) is 26.4 Å². The van der Waals surface area contributed by atoms with E-state index in [1.54, 1.807) is 0 Å². The van der Waals surface area contributed by atoms with Gasteiger partial charge < -0.3 is 14.8 Å². The molecule has 2 atom stereocenters. The van der Waals surface area contributed by atoms with Gasteiger partial charge in [-0.25, -0.2) is 0 Å². The van der Waals surface area contributed by atoms with Crippen molar-refractivity contribution < 1.29 is 9.47 Å². The summed E-state index contributed by atoms with van der Waals surface area (Å²) in [6.45, 7) is 3.71. The minimum absolute atomic E-state index is 0.112. The van der Waals surface area contributed by atoms with Gasteiger partial charge in [0.25, 0.3) is 0 Å². The van der Waals surface area contributed by atoms with Crippen molar-refractivity contribution >= 4 is 0 Å². The third-order valence-corrected chi connectivity index (χ3v) is 3.92. The molecule has 2 unspecified atom stereocenters. The maximum absolute atomic E-state index is 6.04. The van der Waals surface area contributed by atoms with Gasteiger partial charge in [0.1, 0.15) is 18.5 Å². The first-order chi connectivity index (χ1) is 9.86. The fourth-order valence-corrected chi connectivity index (χ4v) is 2.76. The fourth-order valence-electron chi connectivity index (χ4n) is 2.76. The molecule has 0 saturated heterocycles. The van der Waals surface area contributed by atoms with Gasteiger partial charge in [0.05, 0.1) is 6.04 Å². The van der Waals surface area contributed by atoms with Crippen LogP contribution in [0.25, 0.3) is 0 Å². The van der Waals surface area contributed by atoms with Gasteiger partial charge in [-0.1, -0.05) is 50.8 Å². The molecule has 0 saturated carbocycles. The quantitative estimate of drug-likeness (QED) is 0.735. The van der Waals surface area contributed by atoms with Crippen LogP contribution in [0.15, 0.2) is 24.3 Å². The fraction of sp³-hybridized carbons (Fsp3) is 0.647. The van der Waals surface area contributed by atoms with Gasteiger partial charge in [-0.2, -0.15) is 0 Å². The predicted octanol–water partition coefficient (Wildman–Crippen LogP) is 3.70. The number of likely N-dealkylation sites (N-methyl/N-ethyl adjacent to an activating group) is 1. The van der Waals surface area contributed by atoms with Gasteiger partial charge in [0.15, 0.2) is 0 Å². The van der Waals surface area contributed by atoms with Gasteiger partial charge in [-0.3, -0.25) is 0 Å². The number of para-hydroxylation sites is 1. The second-order valence-corrected chi connectivity index (χ2v) is 5.44. The van der Waals surface area contributed by atoms with E-state index in [4.69, 9.17) is 9.47 Å². The lowest BCUT2D eigenvalue weighted by Crippen LogP contribution is -2.39.